The zero-order valence-electron chi connectivity index (χ0n) is 18.7. The van der Waals surface area contributed by atoms with Gasteiger partial charge in [-0.25, -0.2) is 0 Å². The van der Waals surface area contributed by atoms with Gasteiger partial charge in [0.25, 0.3) is 11.8 Å². The number of amides is 2. The standard InChI is InChI=1S/C26H23ClN2O5/c1-3-33-23-12-16(8-10-22(23)32-2)15-28-25(30)18-9-11-21-20(13-18)29-26(31)24(34-21)14-17-6-4-5-7-19(17)27/h4-14H,3,15H2,1-2H3,(H,28,30)(H,29,31)/b24-14-. The van der Waals surface area contributed by atoms with Crippen LogP contribution in [0.5, 0.6) is 17.2 Å². The summed E-state index contributed by atoms with van der Waals surface area (Å²) in [5.41, 5.74) is 2.33. The molecular weight excluding hydrogens is 456 g/mol. The summed E-state index contributed by atoms with van der Waals surface area (Å²) in [6, 6.07) is 17.5. The average molecular weight is 479 g/mol. The molecule has 174 valence electrons. The van der Waals surface area contributed by atoms with Crippen molar-refractivity contribution >= 4 is 35.2 Å². The minimum absolute atomic E-state index is 0.113. The fourth-order valence-corrected chi connectivity index (χ4v) is 3.61. The van der Waals surface area contributed by atoms with E-state index in [0.29, 0.717) is 52.2 Å². The normalized spacial score (nSPS) is 13.5. The van der Waals surface area contributed by atoms with Gasteiger partial charge in [0.05, 0.1) is 19.4 Å². The number of rotatable bonds is 7. The average Bonchev–Trinajstić information content (AvgIpc) is 2.84. The van der Waals surface area contributed by atoms with E-state index in [1.54, 1.807) is 55.7 Å². The number of hydrogen-bond donors (Lipinski definition) is 2. The van der Waals surface area contributed by atoms with Gasteiger partial charge in [-0.05, 0) is 60.5 Å². The van der Waals surface area contributed by atoms with Crippen LogP contribution in [0.3, 0.4) is 0 Å². The summed E-state index contributed by atoms with van der Waals surface area (Å²) < 4.78 is 16.6. The highest BCUT2D eigenvalue weighted by Gasteiger charge is 2.23. The van der Waals surface area contributed by atoms with Gasteiger partial charge in [0.15, 0.2) is 23.0 Å². The zero-order chi connectivity index (χ0) is 24.1. The van der Waals surface area contributed by atoms with E-state index in [4.69, 9.17) is 25.8 Å². The molecule has 3 aromatic rings. The van der Waals surface area contributed by atoms with Crippen molar-refractivity contribution in [2.75, 3.05) is 19.0 Å². The number of ether oxygens (including phenoxy) is 3. The molecule has 0 atom stereocenters. The van der Waals surface area contributed by atoms with Gasteiger partial charge in [-0.1, -0.05) is 35.9 Å². The van der Waals surface area contributed by atoms with Gasteiger partial charge in [0, 0.05) is 17.1 Å². The molecule has 0 fully saturated rings. The second-order valence-electron chi connectivity index (χ2n) is 7.40. The molecule has 3 aromatic carbocycles. The van der Waals surface area contributed by atoms with E-state index in [2.05, 4.69) is 10.6 Å². The van der Waals surface area contributed by atoms with Crippen LogP contribution in [0, 0.1) is 0 Å². The molecule has 0 aliphatic carbocycles. The van der Waals surface area contributed by atoms with Gasteiger partial charge >= 0.3 is 0 Å². The maximum absolute atomic E-state index is 12.7. The molecule has 0 aromatic heterocycles. The smallest absolute Gasteiger partial charge is 0.291 e. The lowest BCUT2D eigenvalue weighted by Gasteiger charge is -2.20. The Hall–Kier alpha value is -3.97. The molecule has 0 saturated carbocycles. The summed E-state index contributed by atoms with van der Waals surface area (Å²) in [5.74, 6) is 1.08. The number of anilines is 1. The van der Waals surface area contributed by atoms with Crippen LogP contribution < -0.4 is 24.8 Å². The monoisotopic (exact) mass is 478 g/mol. The van der Waals surface area contributed by atoms with Crippen LogP contribution in [0.2, 0.25) is 5.02 Å². The highest BCUT2D eigenvalue weighted by molar-refractivity contribution is 6.32. The lowest BCUT2D eigenvalue weighted by atomic mass is 10.1. The number of fused-ring (bicyclic) bond motifs is 1. The molecule has 8 heteroatoms. The van der Waals surface area contributed by atoms with Gasteiger partial charge in [-0.2, -0.15) is 0 Å². The van der Waals surface area contributed by atoms with Crippen molar-refractivity contribution < 1.29 is 23.8 Å². The number of halogens is 1. The third kappa shape index (κ3) is 5.15. The number of methoxy groups -OCH3 is 1. The van der Waals surface area contributed by atoms with E-state index in [9.17, 15) is 9.59 Å². The number of carbonyl (C=O) groups is 2. The molecule has 1 heterocycles. The Labute approximate surface area is 202 Å². The maximum atomic E-state index is 12.7. The van der Waals surface area contributed by atoms with E-state index < -0.39 is 5.91 Å². The summed E-state index contributed by atoms with van der Waals surface area (Å²) in [7, 11) is 1.58. The lowest BCUT2D eigenvalue weighted by molar-refractivity contribution is -0.115. The number of nitrogens with one attached hydrogen (secondary N) is 2. The number of hydrogen-bond acceptors (Lipinski definition) is 5. The molecule has 0 radical (unpaired) electrons. The molecule has 0 unspecified atom stereocenters. The van der Waals surface area contributed by atoms with E-state index in [-0.39, 0.29) is 11.7 Å². The first kappa shape index (κ1) is 23.2. The van der Waals surface area contributed by atoms with E-state index >= 15 is 0 Å². The molecule has 1 aliphatic heterocycles. The minimum Gasteiger partial charge on any atom is -0.493 e. The Balaban J connectivity index is 1.46. The van der Waals surface area contributed by atoms with Crippen molar-refractivity contribution in [1.29, 1.82) is 0 Å². The molecule has 34 heavy (non-hydrogen) atoms. The Morgan fingerprint density at radius 3 is 2.71 bits per heavy atom. The van der Waals surface area contributed by atoms with Crippen LogP contribution in [0.15, 0.2) is 66.4 Å². The Bertz CT molecular complexity index is 1270. The fourth-order valence-electron chi connectivity index (χ4n) is 3.42. The van der Waals surface area contributed by atoms with Crippen LogP contribution >= 0.6 is 11.6 Å². The molecule has 4 rings (SSSR count). The van der Waals surface area contributed by atoms with Crippen LogP contribution in [0.4, 0.5) is 5.69 Å². The second kappa shape index (κ2) is 10.3. The second-order valence-corrected chi connectivity index (χ2v) is 7.81. The van der Waals surface area contributed by atoms with E-state index in [0.717, 1.165) is 5.56 Å². The van der Waals surface area contributed by atoms with Crippen LogP contribution in [-0.4, -0.2) is 25.5 Å². The molecule has 2 N–H and O–H groups in total. The third-order valence-corrected chi connectivity index (χ3v) is 5.45. The summed E-state index contributed by atoms with van der Waals surface area (Å²) in [4.78, 5) is 25.2. The first-order valence-electron chi connectivity index (χ1n) is 10.7. The highest BCUT2D eigenvalue weighted by Crippen LogP contribution is 2.33. The molecule has 0 saturated heterocycles. The SMILES string of the molecule is CCOc1cc(CNC(=O)c2ccc3c(c2)NC(=O)/C(=C/c2ccccc2Cl)O3)ccc1OC. The first-order valence-corrected chi connectivity index (χ1v) is 11.0. The minimum atomic E-state index is -0.424. The summed E-state index contributed by atoms with van der Waals surface area (Å²) in [6.07, 6.45) is 1.58. The summed E-state index contributed by atoms with van der Waals surface area (Å²) in [6.45, 7) is 2.69. The van der Waals surface area contributed by atoms with Gasteiger partial charge < -0.3 is 24.8 Å². The predicted molar refractivity (Wildman–Crippen MR) is 130 cm³/mol. The van der Waals surface area contributed by atoms with E-state index in [1.807, 2.05) is 25.1 Å². The van der Waals surface area contributed by atoms with Crippen molar-refractivity contribution in [3.63, 3.8) is 0 Å². The van der Waals surface area contributed by atoms with Gasteiger partial charge in [0.1, 0.15) is 0 Å². The van der Waals surface area contributed by atoms with Crippen molar-refractivity contribution in [2.45, 2.75) is 13.5 Å². The topological polar surface area (TPSA) is 85.9 Å². The molecule has 0 spiro atoms. The van der Waals surface area contributed by atoms with Gasteiger partial charge in [-0.3, -0.25) is 9.59 Å². The van der Waals surface area contributed by atoms with Gasteiger partial charge in [0.2, 0.25) is 0 Å². The van der Waals surface area contributed by atoms with Crippen LogP contribution in [-0.2, 0) is 11.3 Å². The van der Waals surface area contributed by atoms with Crippen molar-refractivity contribution in [1.82, 2.24) is 5.32 Å². The van der Waals surface area contributed by atoms with Gasteiger partial charge in [-0.15, -0.1) is 0 Å². The van der Waals surface area contributed by atoms with Crippen molar-refractivity contribution in [3.05, 3.63) is 88.1 Å². The predicted octanol–water partition coefficient (Wildman–Crippen LogP) is 5.05. The molecule has 1 aliphatic rings. The maximum Gasteiger partial charge on any atom is 0.291 e. The van der Waals surface area contributed by atoms with Crippen LogP contribution in [0.25, 0.3) is 6.08 Å². The lowest BCUT2D eigenvalue weighted by Crippen LogP contribution is -2.25. The van der Waals surface area contributed by atoms with Crippen molar-refractivity contribution in [2.24, 2.45) is 0 Å². The zero-order valence-corrected chi connectivity index (χ0v) is 19.4. The largest absolute Gasteiger partial charge is 0.493 e. The molecular formula is C26H23ClN2O5. The Morgan fingerprint density at radius 1 is 1.12 bits per heavy atom. The fraction of sp³-hybridized carbons (Fsp3) is 0.154. The molecule has 7 nitrogen and oxygen atoms in total. The number of benzene rings is 3. The third-order valence-electron chi connectivity index (χ3n) is 5.11. The highest BCUT2D eigenvalue weighted by atomic mass is 35.5. The summed E-state index contributed by atoms with van der Waals surface area (Å²) in [5, 5.41) is 6.15. The Kier molecular flexibility index (Phi) is 7.04. The van der Waals surface area contributed by atoms with E-state index in [1.165, 1.54) is 0 Å². The molecule has 0 bridgehead atoms. The summed E-state index contributed by atoms with van der Waals surface area (Å²) >= 11 is 6.17. The van der Waals surface area contributed by atoms with Crippen LogP contribution in [0.1, 0.15) is 28.4 Å². The number of carbonyl (C=O) groups excluding carboxylic acids is 2. The molecule has 2 amide bonds. The quantitative estimate of drug-likeness (QED) is 0.464. The Morgan fingerprint density at radius 2 is 1.94 bits per heavy atom. The first-order chi connectivity index (χ1) is 16.5. The van der Waals surface area contributed by atoms with Crippen molar-refractivity contribution in [3.8, 4) is 17.2 Å².